The van der Waals surface area contributed by atoms with Crippen LogP contribution in [0.3, 0.4) is 0 Å². The molecule has 0 radical (unpaired) electrons. The van der Waals surface area contributed by atoms with Crippen LogP contribution in [-0.2, 0) is 9.31 Å². The Morgan fingerprint density at radius 1 is 0.533 bits per heavy atom. The summed E-state index contributed by atoms with van der Waals surface area (Å²) in [7, 11) is -0.452. The van der Waals surface area contributed by atoms with Crippen LogP contribution >= 0.6 is 0 Å². The molecule has 1 aliphatic heterocycles. The van der Waals surface area contributed by atoms with Crippen molar-refractivity contribution in [3.63, 3.8) is 0 Å². The van der Waals surface area contributed by atoms with E-state index in [4.69, 9.17) is 14.3 Å². The molecule has 45 heavy (non-hydrogen) atoms. The third-order valence-corrected chi connectivity index (χ3v) is 9.98. The van der Waals surface area contributed by atoms with Crippen molar-refractivity contribution in [1.82, 2.24) is 14.1 Å². The summed E-state index contributed by atoms with van der Waals surface area (Å²) in [5, 5.41) is 7.34. The molecule has 0 spiro atoms. The number of hydrogen-bond donors (Lipinski definition) is 0. The zero-order valence-corrected chi connectivity index (χ0v) is 25.8. The van der Waals surface area contributed by atoms with Crippen molar-refractivity contribution in [3.8, 4) is 11.5 Å². The number of hydrogen-bond acceptors (Lipinski definition) is 3. The standard InChI is InChI=1S/C39H32BN3O2/c1-38(2)39(3,4)45-40(44-38)27-18-20-37(41-24-27)43-34-16-10-8-14-30(34)32-22-31-29-13-7-9-15-33(29)42(35(31)23-36(32)43)28-19-17-25-11-5-6-12-26(25)21-28/h5-24H,1-4H3. The molecule has 3 aromatic heterocycles. The molecule has 0 saturated carbocycles. The first-order valence-electron chi connectivity index (χ1n) is 15.6. The van der Waals surface area contributed by atoms with Gasteiger partial charge >= 0.3 is 7.12 Å². The predicted octanol–water partition coefficient (Wildman–Crippen LogP) is 8.73. The van der Waals surface area contributed by atoms with E-state index in [1.54, 1.807) is 0 Å². The molecule has 0 N–H and O–H groups in total. The van der Waals surface area contributed by atoms with Crippen LogP contribution in [0.1, 0.15) is 27.7 Å². The van der Waals surface area contributed by atoms with Crippen LogP contribution in [0.5, 0.6) is 0 Å². The Balaban J connectivity index is 1.28. The maximum Gasteiger partial charge on any atom is 0.496 e. The molecular formula is C39H32BN3O2. The Labute approximate surface area is 261 Å². The molecule has 0 unspecified atom stereocenters. The van der Waals surface area contributed by atoms with Gasteiger partial charge in [0.1, 0.15) is 5.82 Å². The minimum absolute atomic E-state index is 0.405. The normalized spacial score (nSPS) is 16.1. The summed E-state index contributed by atoms with van der Waals surface area (Å²) >= 11 is 0. The molecular weight excluding hydrogens is 553 g/mol. The van der Waals surface area contributed by atoms with Crippen LogP contribution in [0.25, 0.3) is 65.9 Å². The Bertz CT molecular complexity index is 2440. The molecule has 1 saturated heterocycles. The molecule has 0 bridgehead atoms. The minimum atomic E-state index is -0.452. The summed E-state index contributed by atoms with van der Waals surface area (Å²) in [5.74, 6) is 0.856. The molecule has 0 atom stereocenters. The zero-order valence-electron chi connectivity index (χ0n) is 25.8. The maximum atomic E-state index is 6.31. The highest BCUT2D eigenvalue weighted by Gasteiger charge is 2.51. The summed E-state index contributed by atoms with van der Waals surface area (Å²) in [4.78, 5) is 5.00. The monoisotopic (exact) mass is 585 g/mol. The number of aromatic nitrogens is 3. The van der Waals surface area contributed by atoms with Crippen LogP contribution in [0.2, 0.25) is 0 Å². The van der Waals surface area contributed by atoms with Crippen LogP contribution < -0.4 is 5.46 Å². The maximum absolute atomic E-state index is 6.31. The summed E-state index contributed by atoms with van der Waals surface area (Å²) in [6.45, 7) is 8.30. The van der Waals surface area contributed by atoms with E-state index in [0.717, 1.165) is 33.5 Å². The highest BCUT2D eigenvalue weighted by atomic mass is 16.7. The number of fused-ring (bicyclic) bond motifs is 7. The van der Waals surface area contributed by atoms with E-state index in [2.05, 4.69) is 152 Å². The lowest BCUT2D eigenvalue weighted by molar-refractivity contribution is 0.00578. The topological polar surface area (TPSA) is 41.2 Å². The molecule has 9 rings (SSSR count). The van der Waals surface area contributed by atoms with Gasteiger partial charge in [0.15, 0.2) is 0 Å². The zero-order chi connectivity index (χ0) is 30.5. The fourth-order valence-corrected chi connectivity index (χ4v) is 6.92. The molecule has 8 aromatic rings. The molecule has 1 fully saturated rings. The third kappa shape index (κ3) is 3.86. The first-order chi connectivity index (χ1) is 21.8. The lowest BCUT2D eigenvalue weighted by Crippen LogP contribution is -2.41. The van der Waals surface area contributed by atoms with Gasteiger partial charge in [-0.3, -0.25) is 4.57 Å². The van der Waals surface area contributed by atoms with Crippen molar-refractivity contribution < 1.29 is 9.31 Å². The Hall–Kier alpha value is -4.91. The van der Waals surface area contributed by atoms with Gasteiger partial charge in [-0.15, -0.1) is 0 Å². The van der Waals surface area contributed by atoms with E-state index in [-0.39, 0.29) is 0 Å². The predicted molar refractivity (Wildman–Crippen MR) is 186 cm³/mol. The van der Waals surface area contributed by atoms with Crippen LogP contribution in [0, 0.1) is 0 Å². The molecule has 218 valence electrons. The fraction of sp³-hybridized carbons (Fsp3) is 0.154. The second kappa shape index (κ2) is 9.30. The number of pyridine rings is 1. The lowest BCUT2D eigenvalue weighted by atomic mass is 9.80. The van der Waals surface area contributed by atoms with Gasteiger partial charge in [-0.05, 0) is 80.9 Å². The van der Waals surface area contributed by atoms with Crippen LogP contribution in [0.15, 0.2) is 121 Å². The van der Waals surface area contributed by atoms with E-state index >= 15 is 0 Å². The van der Waals surface area contributed by atoms with Crippen molar-refractivity contribution in [2.24, 2.45) is 0 Å². The average molecular weight is 586 g/mol. The number of nitrogens with zero attached hydrogens (tertiary/aromatic N) is 3. The Kier molecular flexibility index (Phi) is 5.48. The molecule has 5 aromatic carbocycles. The quantitative estimate of drug-likeness (QED) is 0.195. The van der Waals surface area contributed by atoms with Gasteiger partial charge in [-0.2, -0.15) is 0 Å². The summed E-state index contributed by atoms with van der Waals surface area (Å²) in [6, 6.07) is 41.4. The van der Waals surface area contributed by atoms with Crippen molar-refractivity contribution in [2.75, 3.05) is 0 Å². The highest BCUT2D eigenvalue weighted by molar-refractivity contribution is 6.62. The third-order valence-electron chi connectivity index (χ3n) is 9.98. The molecule has 0 amide bonds. The minimum Gasteiger partial charge on any atom is -0.399 e. The lowest BCUT2D eigenvalue weighted by Gasteiger charge is -2.32. The summed E-state index contributed by atoms with van der Waals surface area (Å²) in [6.07, 6.45) is 1.89. The van der Waals surface area contributed by atoms with Crippen LogP contribution in [-0.4, -0.2) is 32.4 Å². The van der Waals surface area contributed by atoms with Gasteiger partial charge in [-0.25, -0.2) is 4.98 Å². The molecule has 0 aliphatic carbocycles. The van der Waals surface area contributed by atoms with Crippen molar-refractivity contribution in [3.05, 3.63) is 121 Å². The smallest absolute Gasteiger partial charge is 0.399 e. The van der Waals surface area contributed by atoms with Gasteiger partial charge in [0.05, 0.1) is 33.3 Å². The molecule has 6 heteroatoms. The number of benzene rings is 5. The first-order valence-corrected chi connectivity index (χ1v) is 15.6. The molecule has 4 heterocycles. The summed E-state index contributed by atoms with van der Waals surface area (Å²) in [5.41, 5.74) is 5.84. The highest BCUT2D eigenvalue weighted by Crippen LogP contribution is 2.40. The second-order valence-electron chi connectivity index (χ2n) is 13.2. The van der Waals surface area contributed by atoms with Gasteiger partial charge in [-0.1, -0.05) is 72.8 Å². The van der Waals surface area contributed by atoms with E-state index in [0.29, 0.717) is 0 Å². The second-order valence-corrected chi connectivity index (χ2v) is 13.2. The Morgan fingerprint density at radius 2 is 1.13 bits per heavy atom. The first kappa shape index (κ1) is 26.5. The SMILES string of the molecule is CC1(C)OB(c2ccc(-n3c4ccccc4c4cc5c6ccccc6n(-c6ccc7ccccc7c6)c5cc43)nc2)OC1(C)C. The van der Waals surface area contributed by atoms with Crippen molar-refractivity contribution in [1.29, 1.82) is 0 Å². The van der Waals surface area contributed by atoms with Gasteiger partial charge in [0, 0.05) is 38.9 Å². The molecule has 5 nitrogen and oxygen atoms in total. The Morgan fingerprint density at radius 3 is 1.80 bits per heavy atom. The van der Waals surface area contributed by atoms with E-state index < -0.39 is 18.3 Å². The molecule has 1 aliphatic rings. The number of rotatable bonds is 3. The van der Waals surface area contributed by atoms with E-state index in [1.807, 2.05) is 6.20 Å². The van der Waals surface area contributed by atoms with E-state index in [9.17, 15) is 0 Å². The van der Waals surface area contributed by atoms with Gasteiger partial charge < -0.3 is 13.9 Å². The average Bonchev–Trinajstić information content (AvgIpc) is 3.63. The van der Waals surface area contributed by atoms with Crippen molar-refractivity contribution >= 4 is 67.0 Å². The fourth-order valence-electron chi connectivity index (χ4n) is 6.92. The van der Waals surface area contributed by atoms with Crippen LogP contribution in [0.4, 0.5) is 0 Å². The largest absolute Gasteiger partial charge is 0.496 e. The van der Waals surface area contributed by atoms with Gasteiger partial charge in [0.25, 0.3) is 0 Å². The number of para-hydroxylation sites is 2. The summed E-state index contributed by atoms with van der Waals surface area (Å²) < 4.78 is 17.3. The van der Waals surface area contributed by atoms with Crippen molar-refractivity contribution in [2.45, 2.75) is 38.9 Å². The van der Waals surface area contributed by atoms with E-state index in [1.165, 1.54) is 37.8 Å². The van der Waals surface area contributed by atoms with Gasteiger partial charge in [0.2, 0.25) is 0 Å².